The molecular weight excluding hydrogens is 290 g/mol. The van der Waals surface area contributed by atoms with Crippen LogP contribution in [0.4, 0.5) is 0 Å². The number of rotatable bonds is 5. The van der Waals surface area contributed by atoms with Gasteiger partial charge in [-0.05, 0) is 50.1 Å². The van der Waals surface area contributed by atoms with Crippen LogP contribution in [-0.4, -0.2) is 46.9 Å². The number of methoxy groups -OCH3 is 1. The molecule has 2 aromatic rings. The Labute approximate surface area is 137 Å². The van der Waals surface area contributed by atoms with E-state index in [-0.39, 0.29) is 0 Å². The van der Waals surface area contributed by atoms with Gasteiger partial charge in [-0.15, -0.1) is 0 Å². The fourth-order valence-electron chi connectivity index (χ4n) is 3.31. The van der Waals surface area contributed by atoms with E-state index in [0.29, 0.717) is 12.5 Å². The Balaban J connectivity index is 1.62. The molecule has 2 heterocycles. The van der Waals surface area contributed by atoms with Crippen LogP contribution in [0.5, 0.6) is 5.75 Å². The third kappa shape index (κ3) is 3.92. The quantitative estimate of drug-likeness (QED) is 0.890. The molecule has 1 aliphatic heterocycles. The van der Waals surface area contributed by atoms with Gasteiger partial charge in [-0.2, -0.15) is 5.10 Å². The zero-order chi connectivity index (χ0) is 16.2. The van der Waals surface area contributed by atoms with Crippen LogP contribution in [0, 0.1) is 6.92 Å². The van der Waals surface area contributed by atoms with Crippen molar-refractivity contribution < 1.29 is 9.84 Å². The van der Waals surface area contributed by atoms with Gasteiger partial charge in [0.2, 0.25) is 0 Å². The molecular formula is C18H25N3O2. The van der Waals surface area contributed by atoms with Crippen LogP contribution in [0.3, 0.4) is 0 Å². The SMILES string of the molecule is COc1cccc([C@H](O)CN2CCC[C@@H](c3cc(C)[nH]n3)C2)c1. The molecule has 124 valence electrons. The van der Waals surface area contributed by atoms with Crippen LogP contribution in [0.1, 0.15) is 41.8 Å². The summed E-state index contributed by atoms with van der Waals surface area (Å²) in [7, 11) is 1.65. The molecule has 2 N–H and O–H groups in total. The zero-order valence-corrected chi connectivity index (χ0v) is 13.8. The highest BCUT2D eigenvalue weighted by Crippen LogP contribution is 2.28. The summed E-state index contributed by atoms with van der Waals surface area (Å²) in [5.74, 6) is 1.23. The molecule has 5 nitrogen and oxygen atoms in total. The molecule has 2 atom stereocenters. The first-order chi connectivity index (χ1) is 11.2. The number of hydrogen-bond acceptors (Lipinski definition) is 4. The van der Waals surface area contributed by atoms with Crippen LogP contribution < -0.4 is 4.74 Å². The van der Waals surface area contributed by atoms with E-state index in [1.807, 2.05) is 31.2 Å². The highest BCUT2D eigenvalue weighted by atomic mass is 16.5. The summed E-state index contributed by atoms with van der Waals surface area (Å²) < 4.78 is 5.24. The maximum atomic E-state index is 10.5. The molecule has 1 aliphatic rings. The monoisotopic (exact) mass is 315 g/mol. The Morgan fingerprint density at radius 3 is 3.04 bits per heavy atom. The lowest BCUT2D eigenvalue weighted by atomic mass is 9.94. The largest absolute Gasteiger partial charge is 0.497 e. The lowest BCUT2D eigenvalue weighted by Crippen LogP contribution is -2.37. The van der Waals surface area contributed by atoms with Crippen molar-refractivity contribution in [1.82, 2.24) is 15.1 Å². The molecule has 1 fully saturated rings. The molecule has 5 heteroatoms. The highest BCUT2D eigenvalue weighted by molar-refractivity contribution is 5.30. The van der Waals surface area contributed by atoms with Gasteiger partial charge in [0.25, 0.3) is 0 Å². The standard InChI is InChI=1S/C18H25N3O2/c1-13-9-17(20-19-13)15-6-4-8-21(11-15)12-18(22)14-5-3-7-16(10-14)23-2/h3,5,7,9-10,15,18,22H,4,6,8,11-12H2,1-2H3,(H,19,20)/t15-,18-/m1/s1. The van der Waals surface area contributed by atoms with E-state index in [9.17, 15) is 5.11 Å². The number of H-pyrrole nitrogens is 1. The minimum absolute atomic E-state index is 0.450. The van der Waals surface area contributed by atoms with Gasteiger partial charge < -0.3 is 9.84 Å². The first-order valence-corrected chi connectivity index (χ1v) is 8.22. The van der Waals surface area contributed by atoms with Crippen molar-refractivity contribution in [2.24, 2.45) is 0 Å². The van der Waals surface area contributed by atoms with Crippen LogP contribution in [0.15, 0.2) is 30.3 Å². The number of ether oxygens (including phenoxy) is 1. The molecule has 0 radical (unpaired) electrons. The van der Waals surface area contributed by atoms with Crippen molar-refractivity contribution in [2.75, 3.05) is 26.7 Å². The number of hydrogen-bond donors (Lipinski definition) is 2. The summed E-state index contributed by atoms with van der Waals surface area (Å²) in [4.78, 5) is 2.34. The second-order valence-electron chi connectivity index (χ2n) is 6.37. The predicted octanol–water partition coefficient (Wildman–Crippen LogP) is 2.64. The molecule has 1 aromatic heterocycles. The van der Waals surface area contributed by atoms with E-state index in [1.165, 1.54) is 0 Å². The zero-order valence-electron chi connectivity index (χ0n) is 13.8. The second kappa shape index (κ2) is 7.15. The summed E-state index contributed by atoms with van der Waals surface area (Å²) in [6.07, 6.45) is 1.81. The second-order valence-corrected chi connectivity index (χ2v) is 6.37. The maximum absolute atomic E-state index is 10.5. The Morgan fingerprint density at radius 2 is 2.30 bits per heavy atom. The van der Waals surface area contributed by atoms with Crippen LogP contribution >= 0.6 is 0 Å². The maximum Gasteiger partial charge on any atom is 0.119 e. The van der Waals surface area contributed by atoms with Crippen LogP contribution in [0.25, 0.3) is 0 Å². The van der Waals surface area contributed by atoms with Crippen molar-refractivity contribution >= 4 is 0 Å². The van der Waals surface area contributed by atoms with Crippen molar-refractivity contribution in [2.45, 2.75) is 31.8 Å². The molecule has 3 rings (SSSR count). The molecule has 0 aliphatic carbocycles. The molecule has 0 saturated carbocycles. The van der Waals surface area contributed by atoms with E-state index >= 15 is 0 Å². The van der Waals surface area contributed by atoms with Crippen molar-refractivity contribution in [3.05, 3.63) is 47.3 Å². The Morgan fingerprint density at radius 1 is 1.43 bits per heavy atom. The molecule has 23 heavy (non-hydrogen) atoms. The normalized spacial score (nSPS) is 20.4. The van der Waals surface area contributed by atoms with Gasteiger partial charge in [0.05, 0.1) is 18.9 Å². The average molecular weight is 315 g/mol. The number of aliphatic hydroxyl groups excluding tert-OH is 1. The third-order valence-electron chi connectivity index (χ3n) is 4.56. The summed E-state index contributed by atoms with van der Waals surface area (Å²) in [5, 5.41) is 18.0. The van der Waals surface area contributed by atoms with Crippen molar-refractivity contribution in [3.8, 4) is 5.75 Å². The van der Waals surface area contributed by atoms with Crippen LogP contribution in [-0.2, 0) is 0 Å². The molecule has 1 saturated heterocycles. The molecule has 0 spiro atoms. The van der Waals surface area contributed by atoms with Crippen LogP contribution in [0.2, 0.25) is 0 Å². The average Bonchev–Trinajstić information content (AvgIpc) is 3.02. The molecule has 0 bridgehead atoms. The minimum atomic E-state index is -0.496. The number of aromatic nitrogens is 2. The van der Waals surface area contributed by atoms with Gasteiger partial charge >= 0.3 is 0 Å². The predicted molar refractivity (Wildman–Crippen MR) is 89.7 cm³/mol. The van der Waals surface area contributed by atoms with E-state index in [0.717, 1.165) is 48.6 Å². The molecule has 1 aromatic carbocycles. The van der Waals surface area contributed by atoms with Crippen molar-refractivity contribution in [3.63, 3.8) is 0 Å². The van der Waals surface area contributed by atoms with E-state index in [1.54, 1.807) is 7.11 Å². The fourth-order valence-corrected chi connectivity index (χ4v) is 3.31. The summed E-state index contributed by atoms with van der Waals surface area (Å²) in [6.45, 7) is 4.66. The number of benzene rings is 1. The number of aryl methyl sites for hydroxylation is 1. The Kier molecular flexibility index (Phi) is 4.98. The van der Waals surface area contributed by atoms with Gasteiger partial charge in [0.15, 0.2) is 0 Å². The minimum Gasteiger partial charge on any atom is -0.497 e. The number of aromatic amines is 1. The van der Waals surface area contributed by atoms with E-state index in [2.05, 4.69) is 21.2 Å². The number of aliphatic hydroxyl groups is 1. The third-order valence-corrected chi connectivity index (χ3v) is 4.56. The first kappa shape index (κ1) is 16.0. The summed E-state index contributed by atoms with van der Waals surface area (Å²) in [5.41, 5.74) is 3.15. The molecule has 0 amide bonds. The number of likely N-dealkylation sites (tertiary alicyclic amines) is 1. The molecule has 0 unspecified atom stereocenters. The highest BCUT2D eigenvalue weighted by Gasteiger charge is 2.25. The number of nitrogens with one attached hydrogen (secondary N) is 1. The lowest BCUT2D eigenvalue weighted by molar-refractivity contribution is 0.0948. The lowest BCUT2D eigenvalue weighted by Gasteiger charge is -2.33. The fraction of sp³-hybridized carbons (Fsp3) is 0.500. The van der Waals surface area contributed by atoms with Gasteiger partial charge in [-0.25, -0.2) is 0 Å². The first-order valence-electron chi connectivity index (χ1n) is 8.22. The van der Waals surface area contributed by atoms with Gasteiger partial charge in [-0.3, -0.25) is 10.00 Å². The number of nitrogens with zero attached hydrogens (tertiary/aromatic N) is 2. The number of β-amino-alcohol motifs (C(OH)–C–C–N with tert-alkyl or cyclic N) is 1. The number of piperidine rings is 1. The topological polar surface area (TPSA) is 61.4 Å². The van der Waals surface area contributed by atoms with Crippen molar-refractivity contribution in [1.29, 1.82) is 0 Å². The van der Waals surface area contributed by atoms with E-state index < -0.39 is 6.10 Å². The van der Waals surface area contributed by atoms with E-state index in [4.69, 9.17) is 4.74 Å². The summed E-state index contributed by atoms with van der Waals surface area (Å²) in [6, 6.07) is 9.80. The van der Waals surface area contributed by atoms with Gasteiger partial charge in [0, 0.05) is 24.7 Å². The smallest absolute Gasteiger partial charge is 0.119 e. The Hall–Kier alpha value is -1.85. The Bertz CT molecular complexity index is 641. The van der Waals surface area contributed by atoms with Gasteiger partial charge in [0.1, 0.15) is 5.75 Å². The summed E-state index contributed by atoms with van der Waals surface area (Å²) >= 11 is 0. The van der Waals surface area contributed by atoms with Gasteiger partial charge in [-0.1, -0.05) is 12.1 Å².